The van der Waals surface area contributed by atoms with Crippen molar-refractivity contribution in [2.45, 2.75) is 17.9 Å². The molecule has 0 saturated carbocycles. The summed E-state index contributed by atoms with van der Waals surface area (Å²) in [6.07, 6.45) is 0. The molecule has 1 atom stereocenters. The molecule has 0 aliphatic rings. The number of rotatable bonds is 4. The Kier molecular flexibility index (Phi) is 5.75. The Morgan fingerprint density at radius 3 is 1.96 bits per heavy atom. The number of hydrogen-bond donors (Lipinski definition) is 0. The Bertz CT molecular complexity index is 1050. The van der Waals surface area contributed by atoms with Crippen LogP contribution in [0.15, 0.2) is 89.8 Å². The van der Waals surface area contributed by atoms with Crippen molar-refractivity contribution in [2.75, 3.05) is 7.05 Å². The summed E-state index contributed by atoms with van der Waals surface area (Å²) in [5, 5.41) is 0. The van der Waals surface area contributed by atoms with Crippen molar-refractivity contribution in [3.05, 3.63) is 102 Å². The number of nitrogens with zero attached hydrogens (tertiary/aromatic N) is 1. The van der Waals surface area contributed by atoms with Crippen molar-refractivity contribution < 1.29 is 8.42 Å². The summed E-state index contributed by atoms with van der Waals surface area (Å²) in [5.74, 6) is 6.24. The largest absolute Gasteiger partial charge is 0.244 e. The van der Waals surface area contributed by atoms with Gasteiger partial charge in [0.2, 0.25) is 10.0 Å². The molecule has 3 nitrogen and oxygen atoms in total. The average molecular weight is 375 g/mol. The molecule has 0 saturated heterocycles. The zero-order valence-electron chi connectivity index (χ0n) is 15.3. The van der Waals surface area contributed by atoms with Gasteiger partial charge in [-0.1, -0.05) is 78.1 Å². The van der Waals surface area contributed by atoms with Crippen molar-refractivity contribution in [1.29, 1.82) is 0 Å². The zero-order chi connectivity index (χ0) is 19.3. The van der Waals surface area contributed by atoms with Crippen LogP contribution in [-0.2, 0) is 10.0 Å². The molecule has 0 spiro atoms. The molecular formula is C23H21NO2S. The van der Waals surface area contributed by atoms with Gasteiger partial charge in [0.25, 0.3) is 0 Å². The van der Waals surface area contributed by atoms with Crippen LogP contribution in [0.1, 0.15) is 22.7 Å². The van der Waals surface area contributed by atoms with Gasteiger partial charge in [-0.3, -0.25) is 0 Å². The van der Waals surface area contributed by atoms with E-state index in [2.05, 4.69) is 11.8 Å². The average Bonchev–Trinajstić information content (AvgIpc) is 2.70. The summed E-state index contributed by atoms with van der Waals surface area (Å²) in [5.41, 5.74) is 2.69. The summed E-state index contributed by atoms with van der Waals surface area (Å²) < 4.78 is 27.6. The zero-order valence-corrected chi connectivity index (χ0v) is 16.1. The highest BCUT2D eigenvalue weighted by atomic mass is 32.2. The van der Waals surface area contributed by atoms with E-state index in [0.29, 0.717) is 0 Å². The highest BCUT2D eigenvalue weighted by Gasteiger charge is 2.28. The molecule has 0 fully saturated rings. The van der Waals surface area contributed by atoms with Gasteiger partial charge in [0.15, 0.2) is 0 Å². The summed E-state index contributed by atoms with van der Waals surface area (Å²) in [6, 6.07) is 25.3. The Hall–Kier alpha value is -2.87. The monoisotopic (exact) mass is 375 g/mol. The first-order valence-electron chi connectivity index (χ1n) is 8.65. The predicted octanol–water partition coefficient (Wildman–Crippen LogP) is 4.41. The Morgan fingerprint density at radius 2 is 1.37 bits per heavy atom. The van der Waals surface area contributed by atoms with Gasteiger partial charge in [-0.15, -0.1) is 0 Å². The molecule has 3 aromatic carbocycles. The molecule has 0 N–H and O–H groups in total. The van der Waals surface area contributed by atoms with Crippen LogP contribution >= 0.6 is 0 Å². The fourth-order valence-corrected chi connectivity index (χ4v) is 3.97. The smallest absolute Gasteiger partial charge is 0.207 e. The number of sulfonamides is 1. The fourth-order valence-electron chi connectivity index (χ4n) is 2.71. The summed E-state index contributed by atoms with van der Waals surface area (Å²) in [7, 11) is -2.10. The van der Waals surface area contributed by atoms with Crippen molar-refractivity contribution in [3.63, 3.8) is 0 Å². The third-order valence-corrected chi connectivity index (χ3v) is 6.14. The first-order valence-corrected chi connectivity index (χ1v) is 10.1. The summed E-state index contributed by atoms with van der Waals surface area (Å²) in [6.45, 7) is 1.93. The van der Waals surface area contributed by atoms with Gasteiger partial charge in [-0.25, -0.2) is 8.42 Å². The molecule has 0 aliphatic carbocycles. The van der Waals surface area contributed by atoms with Gasteiger partial charge in [-0.2, -0.15) is 4.31 Å². The maximum atomic E-state index is 13.1. The van der Waals surface area contributed by atoms with Crippen molar-refractivity contribution in [1.82, 2.24) is 4.31 Å². The molecule has 0 amide bonds. The minimum Gasteiger partial charge on any atom is -0.207 e. The maximum absolute atomic E-state index is 13.1. The van der Waals surface area contributed by atoms with Crippen LogP contribution in [0.25, 0.3) is 0 Å². The quantitative estimate of drug-likeness (QED) is 0.634. The van der Waals surface area contributed by atoms with Crippen LogP contribution in [0, 0.1) is 18.8 Å². The summed E-state index contributed by atoms with van der Waals surface area (Å²) >= 11 is 0. The van der Waals surface area contributed by atoms with Gasteiger partial charge in [-0.05, 0) is 36.8 Å². The van der Waals surface area contributed by atoms with E-state index in [4.69, 9.17) is 0 Å². The molecule has 0 aromatic heterocycles. The predicted molar refractivity (Wildman–Crippen MR) is 109 cm³/mol. The van der Waals surface area contributed by atoms with Gasteiger partial charge in [0, 0.05) is 12.6 Å². The molecular weight excluding hydrogens is 354 g/mol. The second-order valence-electron chi connectivity index (χ2n) is 6.28. The molecule has 0 aliphatic heterocycles. The summed E-state index contributed by atoms with van der Waals surface area (Å²) in [4.78, 5) is 0.262. The molecule has 0 radical (unpaired) electrons. The SMILES string of the molecule is Cc1ccc(S(=O)(=O)N(C)C(C#Cc2ccccc2)c2ccccc2)cc1. The first kappa shape index (κ1) is 18.9. The lowest BCUT2D eigenvalue weighted by Crippen LogP contribution is -2.30. The van der Waals surface area contributed by atoms with Crippen LogP contribution < -0.4 is 0 Å². The van der Waals surface area contributed by atoms with Crippen LogP contribution in [0.4, 0.5) is 0 Å². The van der Waals surface area contributed by atoms with Crippen molar-refractivity contribution in [2.24, 2.45) is 0 Å². The molecule has 0 heterocycles. The van der Waals surface area contributed by atoms with Crippen LogP contribution in [0.2, 0.25) is 0 Å². The molecule has 0 bridgehead atoms. The van der Waals surface area contributed by atoms with Crippen molar-refractivity contribution in [3.8, 4) is 11.8 Å². The van der Waals surface area contributed by atoms with E-state index in [9.17, 15) is 8.42 Å². The normalized spacial score (nSPS) is 12.3. The third-order valence-electron chi connectivity index (χ3n) is 4.30. The lowest BCUT2D eigenvalue weighted by atomic mass is 10.1. The van der Waals surface area contributed by atoms with E-state index in [-0.39, 0.29) is 4.90 Å². The minimum absolute atomic E-state index is 0.262. The van der Waals surface area contributed by atoms with Crippen LogP contribution in [-0.4, -0.2) is 19.8 Å². The van der Waals surface area contributed by atoms with E-state index in [1.165, 1.54) is 4.31 Å². The number of benzene rings is 3. The van der Waals surface area contributed by atoms with E-state index < -0.39 is 16.1 Å². The maximum Gasteiger partial charge on any atom is 0.244 e. The fraction of sp³-hybridized carbons (Fsp3) is 0.130. The first-order chi connectivity index (χ1) is 13.0. The molecule has 4 heteroatoms. The third kappa shape index (κ3) is 4.46. The van der Waals surface area contributed by atoms with Crippen LogP contribution in [0.5, 0.6) is 0 Å². The number of aryl methyl sites for hydroxylation is 1. The van der Waals surface area contributed by atoms with E-state index >= 15 is 0 Å². The van der Waals surface area contributed by atoms with E-state index in [1.54, 1.807) is 31.3 Å². The Balaban J connectivity index is 2.02. The molecule has 1 unspecified atom stereocenters. The molecule has 27 heavy (non-hydrogen) atoms. The second kappa shape index (κ2) is 8.22. The number of hydrogen-bond acceptors (Lipinski definition) is 2. The van der Waals surface area contributed by atoms with E-state index in [1.807, 2.05) is 67.6 Å². The molecule has 3 aromatic rings. The standard InChI is InChI=1S/C23H21NO2S/c1-19-13-16-22(17-14-19)27(25,26)24(2)23(21-11-7-4-8-12-21)18-15-20-9-5-3-6-10-20/h3-14,16-17,23H,1-2H3. The van der Waals surface area contributed by atoms with Gasteiger partial charge in [0.05, 0.1) is 4.90 Å². The minimum atomic E-state index is -3.68. The van der Waals surface area contributed by atoms with Gasteiger partial charge < -0.3 is 0 Å². The van der Waals surface area contributed by atoms with Gasteiger partial charge in [0.1, 0.15) is 6.04 Å². The topological polar surface area (TPSA) is 37.4 Å². The van der Waals surface area contributed by atoms with Crippen molar-refractivity contribution >= 4 is 10.0 Å². The molecule has 3 rings (SSSR count). The molecule has 136 valence electrons. The van der Waals surface area contributed by atoms with Crippen LogP contribution in [0.3, 0.4) is 0 Å². The lowest BCUT2D eigenvalue weighted by Gasteiger charge is -2.24. The highest BCUT2D eigenvalue weighted by molar-refractivity contribution is 7.89. The lowest BCUT2D eigenvalue weighted by molar-refractivity contribution is 0.435. The van der Waals surface area contributed by atoms with Gasteiger partial charge >= 0.3 is 0 Å². The Morgan fingerprint density at radius 1 is 0.815 bits per heavy atom. The van der Waals surface area contributed by atoms with E-state index in [0.717, 1.165) is 16.7 Å². The second-order valence-corrected chi connectivity index (χ2v) is 8.28. The Labute approximate surface area is 161 Å². The highest BCUT2D eigenvalue weighted by Crippen LogP contribution is 2.26.